The molecule has 0 aliphatic carbocycles. The van der Waals surface area contributed by atoms with Gasteiger partial charge in [0.15, 0.2) is 11.5 Å². The Bertz CT molecular complexity index is 1290. The van der Waals surface area contributed by atoms with Crippen LogP contribution in [0.3, 0.4) is 0 Å². The highest BCUT2D eigenvalue weighted by molar-refractivity contribution is 5.95. The molecule has 0 saturated carbocycles. The van der Waals surface area contributed by atoms with Crippen LogP contribution in [0.25, 0.3) is 11.3 Å². The number of nitroso groups, excluding NO2 is 1. The second-order valence-electron chi connectivity index (χ2n) is 8.01. The van der Waals surface area contributed by atoms with E-state index in [1.54, 1.807) is 11.0 Å². The van der Waals surface area contributed by atoms with Crippen molar-refractivity contribution in [1.82, 2.24) is 15.0 Å². The molecule has 0 unspecified atom stereocenters. The number of anilines is 2. The van der Waals surface area contributed by atoms with Gasteiger partial charge in [0, 0.05) is 44.0 Å². The molecule has 8 nitrogen and oxygen atoms in total. The smallest absolute Gasteiger partial charge is 0.353 e. The zero-order chi connectivity index (χ0) is 25.3. The largest absolute Gasteiger partial charge is 0.471 e. The third-order valence-electron chi connectivity index (χ3n) is 5.62. The predicted octanol–water partition coefficient (Wildman–Crippen LogP) is 4.27. The van der Waals surface area contributed by atoms with Crippen LogP contribution in [0.15, 0.2) is 42.6 Å². The van der Waals surface area contributed by atoms with Crippen molar-refractivity contribution in [2.75, 3.05) is 43.0 Å². The maximum atomic E-state index is 14.0. The van der Waals surface area contributed by atoms with Gasteiger partial charge in [0.2, 0.25) is 5.82 Å². The molecule has 0 N–H and O–H groups in total. The van der Waals surface area contributed by atoms with Gasteiger partial charge in [-0.25, -0.2) is 9.37 Å². The molecule has 0 spiro atoms. The summed E-state index contributed by atoms with van der Waals surface area (Å²) in [6.07, 6.45) is -3.20. The highest BCUT2D eigenvalue weighted by Gasteiger charge is 2.36. The van der Waals surface area contributed by atoms with Crippen LogP contribution in [0, 0.1) is 10.7 Å². The van der Waals surface area contributed by atoms with Gasteiger partial charge in [-0.3, -0.25) is 4.79 Å². The van der Waals surface area contributed by atoms with Gasteiger partial charge in [0.05, 0.1) is 11.1 Å². The average molecular weight is 489 g/mol. The summed E-state index contributed by atoms with van der Waals surface area (Å²) >= 11 is 0. The minimum Gasteiger partial charge on any atom is -0.353 e. The lowest BCUT2D eigenvalue weighted by atomic mass is 10.0. The fourth-order valence-electron chi connectivity index (χ4n) is 3.84. The summed E-state index contributed by atoms with van der Waals surface area (Å²) in [6.45, 7) is 2.36. The summed E-state index contributed by atoms with van der Waals surface area (Å²) in [4.78, 5) is 39.6. The third-order valence-corrected chi connectivity index (χ3v) is 5.62. The number of carbonyl (C=O) groups is 1. The van der Waals surface area contributed by atoms with Crippen LogP contribution in [0.1, 0.15) is 22.8 Å². The number of rotatable bonds is 5. The van der Waals surface area contributed by atoms with Crippen LogP contribution in [0.4, 0.5) is 35.1 Å². The first kappa shape index (κ1) is 24.2. The van der Waals surface area contributed by atoms with Crippen molar-refractivity contribution in [3.63, 3.8) is 0 Å². The van der Waals surface area contributed by atoms with Crippen LogP contribution in [-0.4, -0.2) is 58.7 Å². The molecule has 12 heteroatoms. The Morgan fingerprint density at radius 3 is 2.34 bits per heavy atom. The first-order valence-corrected chi connectivity index (χ1v) is 10.7. The van der Waals surface area contributed by atoms with E-state index in [1.165, 1.54) is 38.4 Å². The Balaban J connectivity index is 1.63. The summed E-state index contributed by atoms with van der Waals surface area (Å²) < 4.78 is 54.7. The molecule has 4 rings (SSSR count). The predicted molar refractivity (Wildman–Crippen MR) is 120 cm³/mol. The maximum Gasteiger partial charge on any atom is 0.471 e. The number of hydrogen-bond donors (Lipinski definition) is 0. The Kier molecular flexibility index (Phi) is 6.46. The molecule has 3 aromatic rings. The first-order valence-electron chi connectivity index (χ1n) is 10.7. The van der Waals surface area contributed by atoms with Gasteiger partial charge in [-0.15, -0.1) is 0 Å². The van der Waals surface area contributed by atoms with Crippen molar-refractivity contribution >= 4 is 23.4 Å². The second kappa shape index (κ2) is 9.35. The van der Waals surface area contributed by atoms with E-state index in [0.29, 0.717) is 34.9 Å². The SMILES string of the molecule is CC(=O)c1cc(-c2cc(N3CCN(c4ncccc4C(F)(F)F)CC3)nc([N+](C)=O)n2)ccc1F. The zero-order valence-electron chi connectivity index (χ0n) is 18.9. The van der Waals surface area contributed by atoms with Gasteiger partial charge in [-0.2, -0.15) is 13.2 Å². The molecular formula is C23H21F4N6O2+. The van der Waals surface area contributed by atoms with E-state index >= 15 is 0 Å². The van der Waals surface area contributed by atoms with E-state index in [2.05, 4.69) is 15.0 Å². The summed E-state index contributed by atoms with van der Waals surface area (Å²) in [5.74, 6) is -1.01. The van der Waals surface area contributed by atoms with Gasteiger partial charge in [0.25, 0.3) is 0 Å². The maximum absolute atomic E-state index is 14.0. The number of alkyl halides is 3. The molecule has 1 aromatic carbocycles. The number of pyridine rings is 1. The van der Waals surface area contributed by atoms with E-state index < -0.39 is 23.3 Å². The Morgan fingerprint density at radius 1 is 1.03 bits per heavy atom. The van der Waals surface area contributed by atoms with Gasteiger partial charge >= 0.3 is 12.1 Å². The molecule has 0 radical (unpaired) electrons. The van der Waals surface area contributed by atoms with E-state index in [4.69, 9.17) is 0 Å². The Hall–Kier alpha value is -3.96. The summed E-state index contributed by atoms with van der Waals surface area (Å²) in [5, 5.41) is 0. The molecule has 1 fully saturated rings. The number of carbonyl (C=O) groups excluding carboxylic acids is 1. The fourth-order valence-corrected chi connectivity index (χ4v) is 3.84. The quantitative estimate of drug-likeness (QED) is 0.301. The molecule has 2 aromatic heterocycles. The number of aromatic nitrogens is 3. The number of Topliss-reactive ketones (excluding diaryl/α,β-unsaturated/α-hetero) is 1. The van der Waals surface area contributed by atoms with Crippen molar-refractivity contribution in [2.24, 2.45) is 0 Å². The van der Waals surface area contributed by atoms with Crippen LogP contribution in [0.5, 0.6) is 0 Å². The van der Waals surface area contributed by atoms with Crippen molar-refractivity contribution < 1.29 is 27.1 Å². The Labute approximate surface area is 197 Å². The number of ketones is 1. The van der Waals surface area contributed by atoms with E-state index in [1.807, 2.05) is 4.90 Å². The number of nitrogens with zero attached hydrogens (tertiary/aromatic N) is 6. The fraction of sp³-hybridized carbons (Fsp3) is 0.304. The minimum absolute atomic E-state index is 0.107. The van der Waals surface area contributed by atoms with Crippen LogP contribution >= 0.6 is 0 Å². The number of halogens is 4. The molecule has 0 amide bonds. The number of benzene rings is 1. The van der Waals surface area contributed by atoms with Gasteiger partial charge in [0.1, 0.15) is 18.7 Å². The molecule has 35 heavy (non-hydrogen) atoms. The van der Waals surface area contributed by atoms with Crippen molar-refractivity contribution in [1.29, 1.82) is 0 Å². The summed E-state index contributed by atoms with van der Waals surface area (Å²) in [7, 11) is 1.23. The van der Waals surface area contributed by atoms with Crippen LogP contribution in [-0.2, 0) is 6.18 Å². The van der Waals surface area contributed by atoms with Gasteiger partial charge < -0.3 is 9.80 Å². The monoisotopic (exact) mass is 489 g/mol. The molecular weight excluding hydrogens is 468 g/mol. The number of hydrogen-bond acceptors (Lipinski definition) is 7. The molecule has 1 aliphatic rings. The molecule has 3 heterocycles. The highest BCUT2D eigenvalue weighted by atomic mass is 19.4. The molecule has 0 atom stereocenters. The summed E-state index contributed by atoms with van der Waals surface area (Å²) in [6, 6.07) is 7.80. The van der Waals surface area contributed by atoms with Crippen LogP contribution < -0.4 is 9.80 Å². The lowest BCUT2D eigenvalue weighted by Crippen LogP contribution is -2.47. The van der Waals surface area contributed by atoms with E-state index in [-0.39, 0.29) is 30.4 Å². The average Bonchev–Trinajstić information content (AvgIpc) is 2.83. The second-order valence-corrected chi connectivity index (χ2v) is 8.01. The lowest BCUT2D eigenvalue weighted by Gasteiger charge is -2.36. The van der Waals surface area contributed by atoms with Crippen LogP contribution in [0.2, 0.25) is 0 Å². The van der Waals surface area contributed by atoms with Crippen molar-refractivity contribution in [3.8, 4) is 11.3 Å². The third kappa shape index (κ3) is 5.10. The highest BCUT2D eigenvalue weighted by Crippen LogP contribution is 2.35. The van der Waals surface area contributed by atoms with Gasteiger partial charge in [-0.05, 0) is 47.0 Å². The van der Waals surface area contributed by atoms with Crippen molar-refractivity contribution in [2.45, 2.75) is 13.1 Å². The molecule has 1 aliphatic heterocycles. The summed E-state index contributed by atoms with van der Waals surface area (Å²) in [5.41, 5.74) is -0.179. The first-order chi connectivity index (χ1) is 16.5. The topological polar surface area (TPSA) is 82.3 Å². The molecule has 1 saturated heterocycles. The number of piperazine rings is 1. The zero-order valence-corrected chi connectivity index (χ0v) is 18.9. The van der Waals surface area contributed by atoms with E-state index in [0.717, 1.165) is 12.1 Å². The Morgan fingerprint density at radius 2 is 1.71 bits per heavy atom. The lowest BCUT2D eigenvalue weighted by molar-refractivity contribution is -0.436. The normalized spacial score (nSPS) is 14.2. The van der Waals surface area contributed by atoms with Crippen molar-refractivity contribution in [3.05, 3.63) is 64.4 Å². The molecule has 0 bridgehead atoms. The van der Waals surface area contributed by atoms with E-state index in [9.17, 15) is 27.3 Å². The minimum atomic E-state index is -4.52. The standard InChI is InChI=1S/C23H21F4N6O2/c1-14(34)16-12-15(5-6-18(16)24)19-13-20(30-22(29-19)31(2)35)32-8-10-33(11-9-32)21-17(23(25,26)27)4-3-7-28-21/h3-7,12-13H,8-11H2,1-2H3/q+1. The molecule has 182 valence electrons. The van der Waals surface area contributed by atoms with Gasteiger partial charge in [-0.1, -0.05) is 9.89 Å².